The summed E-state index contributed by atoms with van der Waals surface area (Å²) in [5, 5.41) is 10.6. The predicted octanol–water partition coefficient (Wildman–Crippen LogP) is 2.31. The minimum atomic E-state index is -0.309. The van der Waals surface area contributed by atoms with Crippen molar-refractivity contribution in [3.05, 3.63) is 30.1 Å². The van der Waals surface area contributed by atoms with Crippen molar-refractivity contribution >= 4 is 0 Å². The van der Waals surface area contributed by atoms with Crippen molar-refractivity contribution in [1.29, 1.82) is 0 Å². The molecule has 1 aromatic heterocycles. The van der Waals surface area contributed by atoms with Gasteiger partial charge in [-0.15, -0.1) is 0 Å². The van der Waals surface area contributed by atoms with E-state index >= 15 is 0 Å². The predicted molar refractivity (Wildman–Crippen MR) is 75.6 cm³/mol. The molecule has 104 valence electrons. The lowest BCUT2D eigenvalue weighted by Crippen LogP contribution is -2.29. The van der Waals surface area contributed by atoms with Crippen LogP contribution in [0.2, 0.25) is 0 Å². The number of aromatic nitrogens is 1. The molecule has 3 nitrogen and oxygen atoms in total. The fourth-order valence-corrected chi connectivity index (χ4v) is 4.27. The molecule has 19 heavy (non-hydrogen) atoms. The van der Waals surface area contributed by atoms with Crippen molar-refractivity contribution in [3.63, 3.8) is 0 Å². The lowest BCUT2D eigenvalue weighted by atomic mass is 9.81. The Morgan fingerprint density at radius 1 is 1.26 bits per heavy atom. The van der Waals surface area contributed by atoms with Crippen molar-refractivity contribution in [1.82, 2.24) is 4.98 Å². The summed E-state index contributed by atoms with van der Waals surface area (Å²) in [6, 6.07) is 3.95. The number of nitrogens with two attached hydrogens (primary N) is 1. The summed E-state index contributed by atoms with van der Waals surface area (Å²) in [4.78, 5) is 4.03. The zero-order chi connectivity index (χ0) is 13.2. The average molecular weight is 260 g/mol. The van der Waals surface area contributed by atoms with Crippen molar-refractivity contribution in [2.75, 3.05) is 6.54 Å². The zero-order valence-corrected chi connectivity index (χ0v) is 11.4. The van der Waals surface area contributed by atoms with Gasteiger partial charge in [0, 0.05) is 24.9 Å². The van der Waals surface area contributed by atoms with Crippen molar-refractivity contribution in [2.45, 2.75) is 44.1 Å². The number of aliphatic hydroxyl groups excluding tert-OH is 1. The maximum Gasteiger partial charge on any atom is 0.0623 e. The molecule has 0 amide bonds. The Labute approximate surface area is 115 Å². The molecule has 2 bridgehead atoms. The molecule has 2 aliphatic carbocycles. The summed E-state index contributed by atoms with van der Waals surface area (Å²) in [5.41, 5.74) is 6.99. The molecule has 1 heterocycles. The number of hydrogen-bond donors (Lipinski definition) is 2. The largest absolute Gasteiger partial charge is 0.392 e. The first-order valence-corrected chi connectivity index (χ1v) is 7.56. The topological polar surface area (TPSA) is 59.1 Å². The van der Waals surface area contributed by atoms with Crippen molar-refractivity contribution < 1.29 is 5.11 Å². The molecule has 1 aromatic rings. The molecule has 2 saturated carbocycles. The van der Waals surface area contributed by atoms with Gasteiger partial charge < -0.3 is 10.8 Å². The number of nitrogens with zero attached hydrogens (tertiary/aromatic N) is 1. The average Bonchev–Trinajstić information content (AvgIpc) is 3.03. The molecule has 2 fully saturated rings. The van der Waals surface area contributed by atoms with Crippen LogP contribution in [0.3, 0.4) is 0 Å². The summed E-state index contributed by atoms with van der Waals surface area (Å²) >= 11 is 0. The van der Waals surface area contributed by atoms with E-state index < -0.39 is 0 Å². The molecule has 3 rings (SSSR count). The van der Waals surface area contributed by atoms with Gasteiger partial charge in [0.25, 0.3) is 0 Å². The molecule has 3 heteroatoms. The van der Waals surface area contributed by atoms with E-state index in [1.807, 2.05) is 12.1 Å². The molecule has 3 N–H and O–H groups in total. The van der Waals surface area contributed by atoms with E-state index in [1.165, 1.54) is 25.7 Å². The van der Waals surface area contributed by atoms with Gasteiger partial charge in [-0.2, -0.15) is 0 Å². The third kappa shape index (κ3) is 2.67. The highest BCUT2D eigenvalue weighted by atomic mass is 16.3. The monoisotopic (exact) mass is 260 g/mol. The first-order chi connectivity index (χ1) is 9.28. The SMILES string of the molecule is NCC(c1ccncc1)C(O)CC1CC2CCC1C2. The minimum absolute atomic E-state index is 0.0575. The van der Waals surface area contributed by atoms with E-state index in [0.717, 1.165) is 29.7 Å². The zero-order valence-electron chi connectivity index (χ0n) is 11.4. The molecular formula is C16H24N2O. The van der Waals surface area contributed by atoms with Crippen LogP contribution in [0.4, 0.5) is 0 Å². The van der Waals surface area contributed by atoms with Gasteiger partial charge in [0.2, 0.25) is 0 Å². The van der Waals surface area contributed by atoms with Gasteiger partial charge in [0.1, 0.15) is 0 Å². The van der Waals surface area contributed by atoms with Gasteiger partial charge in [0.05, 0.1) is 6.10 Å². The van der Waals surface area contributed by atoms with Crippen LogP contribution in [-0.4, -0.2) is 22.7 Å². The van der Waals surface area contributed by atoms with Gasteiger partial charge in [-0.25, -0.2) is 0 Å². The Hall–Kier alpha value is -0.930. The highest BCUT2D eigenvalue weighted by molar-refractivity contribution is 5.18. The lowest BCUT2D eigenvalue weighted by molar-refractivity contribution is 0.101. The van der Waals surface area contributed by atoms with Gasteiger partial charge in [-0.3, -0.25) is 4.98 Å². The van der Waals surface area contributed by atoms with E-state index in [1.54, 1.807) is 12.4 Å². The van der Waals surface area contributed by atoms with Crippen LogP contribution in [0.5, 0.6) is 0 Å². The maximum absolute atomic E-state index is 10.6. The standard InChI is InChI=1S/C16H24N2O/c17-10-15(12-3-5-18-6-4-12)16(19)9-14-8-11-1-2-13(14)7-11/h3-6,11,13-16,19H,1-2,7-10,17H2. The normalized spacial score (nSPS) is 32.4. The Morgan fingerprint density at radius 2 is 2.05 bits per heavy atom. The number of pyridine rings is 1. The fraction of sp³-hybridized carbons (Fsp3) is 0.688. The second kappa shape index (κ2) is 5.59. The van der Waals surface area contributed by atoms with Crippen LogP contribution in [0, 0.1) is 17.8 Å². The summed E-state index contributed by atoms with van der Waals surface area (Å²) in [7, 11) is 0. The van der Waals surface area contributed by atoms with Gasteiger partial charge in [-0.05, 0) is 61.1 Å². The van der Waals surface area contributed by atoms with Gasteiger partial charge in [-0.1, -0.05) is 6.42 Å². The lowest BCUT2D eigenvalue weighted by Gasteiger charge is -2.28. The molecule has 5 atom stereocenters. The number of aliphatic hydroxyl groups is 1. The Bertz CT molecular complexity index is 408. The van der Waals surface area contributed by atoms with Crippen molar-refractivity contribution in [3.8, 4) is 0 Å². The minimum Gasteiger partial charge on any atom is -0.392 e. The van der Waals surface area contributed by atoms with E-state index in [0.29, 0.717) is 6.54 Å². The third-order valence-electron chi connectivity index (χ3n) is 5.28. The second-order valence-electron chi connectivity index (χ2n) is 6.36. The molecule has 0 radical (unpaired) electrons. The fourth-order valence-electron chi connectivity index (χ4n) is 4.27. The Morgan fingerprint density at radius 3 is 2.63 bits per heavy atom. The smallest absolute Gasteiger partial charge is 0.0623 e. The van der Waals surface area contributed by atoms with Gasteiger partial charge in [0.15, 0.2) is 0 Å². The first kappa shape index (κ1) is 13.1. The molecule has 2 aliphatic rings. The summed E-state index contributed by atoms with van der Waals surface area (Å²) in [6.45, 7) is 0.506. The molecular weight excluding hydrogens is 236 g/mol. The number of hydrogen-bond acceptors (Lipinski definition) is 3. The Balaban J connectivity index is 1.64. The quantitative estimate of drug-likeness (QED) is 0.854. The molecule has 0 spiro atoms. The van der Waals surface area contributed by atoms with Crippen LogP contribution >= 0.6 is 0 Å². The summed E-state index contributed by atoms with van der Waals surface area (Å²) in [5.74, 6) is 2.60. The number of rotatable bonds is 5. The van der Waals surface area contributed by atoms with Gasteiger partial charge >= 0.3 is 0 Å². The van der Waals surface area contributed by atoms with Crippen LogP contribution in [0.25, 0.3) is 0 Å². The van der Waals surface area contributed by atoms with E-state index in [-0.39, 0.29) is 12.0 Å². The highest BCUT2D eigenvalue weighted by Gasteiger charge is 2.40. The Kier molecular flexibility index (Phi) is 3.85. The summed E-state index contributed by atoms with van der Waals surface area (Å²) in [6.07, 6.45) is 9.70. The van der Waals surface area contributed by atoms with E-state index in [2.05, 4.69) is 4.98 Å². The number of fused-ring (bicyclic) bond motifs is 2. The van der Waals surface area contributed by atoms with Crippen molar-refractivity contribution in [2.24, 2.45) is 23.5 Å². The van der Waals surface area contributed by atoms with Crippen LogP contribution in [-0.2, 0) is 0 Å². The van der Waals surface area contributed by atoms with E-state index in [4.69, 9.17) is 5.73 Å². The molecule has 0 aromatic carbocycles. The van der Waals surface area contributed by atoms with Crippen LogP contribution in [0.15, 0.2) is 24.5 Å². The maximum atomic E-state index is 10.6. The van der Waals surface area contributed by atoms with Crippen LogP contribution in [0.1, 0.15) is 43.6 Å². The van der Waals surface area contributed by atoms with E-state index in [9.17, 15) is 5.11 Å². The molecule has 0 saturated heterocycles. The van der Waals surface area contributed by atoms with Crippen LogP contribution < -0.4 is 5.73 Å². The molecule has 0 aliphatic heterocycles. The molecule has 5 unspecified atom stereocenters. The second-order valence-corrected chi connectivity index (χ2v) is 6.36. The highest BCUT2D eigenvalue weighted by Crippen LogP contribution is 2.50. The summed E-state index contributed by atoms with van der Waals surface area (Å²) < 4.78 is 0. The third-order valence-corrected chi connectivity index (χ3v) is 5.28. The first-order valence-electron chi connectivity index (χ1n) is 7.56.